The van der Waals surface area contributed by atoms with Gasteiger partial charge >= 0.3 is 5.97 Å². The largest absolute Gasteiger partial charge is 0.478 e. The highest BCUT2D eigenvalue weighted by Gasteiger charge is 2.08. The average molecular weight is 272 g/mol. The molecule has 106 valence electrons. The molecule has 0 spiro atoms. The van der Waals surface area contributed by atoms with Gasteiger partial charge in [0.05, 0.1) is 12.0 Å². The van der Waals surface area contributed by atoms with Crippen LogP contribution in [0.25, 0.3) is 6.08 Å². The summed E-state index contributed by atoms with van der Waals surface area (Å²) >= 11 is 0. The molecule has 0 saturated carbocycles. The third kappa shape index (κ3) is 5.68. The van der Waals surface area contributed by atoms with Gasteiger partial charge in [-0.1, -0.05) is 31.2 Å². The number of hydrogen-bond donors (Lipinski definition) is 1. The van der Waals surface area contributed by atoms with Crippen molar-refractivity contribution >= 4 is 12.0 Å². The van der Waals surface area contributed by atoms with Gasteiger partial charge < -0.3 is 5.11 Å². The van der Waals surface area contributed by atoms with Crippen molar-refractivity contribution in [2.24, 2.45) is 5.92 Å². The van der Waals surface area contributed by atoms with Crippen LogP contribution in [0.3, 0.4) is 0 Å². The van der Waals surface area contributed by atoms with Crippen molar-refractivity contribution < 1.29 is 9.90 Å². The molecular formula is C16H20N2O2. The lowest BCUT2D eigenvalue weighted by atomic mass is 10.1. The Labute approximate surface area is 119 Å². The number of hydrogen-bond acceptors (Lipinski definition) is 3. The second-order valence-corrected chi connectivity index (χ2v) is 4.77. The van der Waals surface area contributed by atoms with E-state index in [0.717, 1.165) is 36.8 Å². The fraction of sp³-hybridized carbons (Fsp3) is 0.375. The first-order valence-corrected chi connectivity index (χ1v) is 6.67. The van der Waals surface area contributed by atoms with Crippen LogP contribution in [0.2, 0.25) is 0 Å². The molecule has 1 aromatic rings. The van der Waals surface area contributed by atoms with E-state index >= 15 is 0 Å². The number of rotatable bonds is 7. The summed E-state index contributed by atoms with van der Waals surface area (Å²) in [7, 11) is 0. The monoisotopic (exact) mass is 272 g/mol. The van der Waals surface area contributed by atoms with Gasteiger partial charge in [0.1, 0.15) is 0 Å². The van der Waals surface area contributed by atoms with Crippen LogP contribution in [-0.2, 0) is 11.3 Å². The Balaban J connectivity index is 2.64. The molecule has 4 heteroatoms. The van der Waals surface area contributed by atoms with Gasteiger partial charge in [-0.3, -0.25) is 4.90 Å². The summed E-state index contributed by atoms with van der Waals surface area (Å²) in [6.07, 6.45) is 2.70. The van der Waals surface area contributed by atoms with Crippen molar-refractivity contribution in [1.82, 2.24) is 4.90 Å². The molecule has 1 aromatic carbocycles. The van der Waals surface area contributed by atoms with E-state index in [1.807, 2.05) is 31.2 Å². The van der Waals surface area contributed by atoms with Crippen LogP contribution in [0.4, 0.5) is 0 Å². The molecule has 0 fully saturated rings. The highest BCUT2D eigenvalue weighted by atomic mass is 16.4. The Bertz CT molecular complexity index is 500. The van der Waals surface area contributed by atoms with Crippen molar-refractivity contribution in [3.05, 3.63) is 41.5 Å². The average Bonchev–Trinajstić information content (AvgIpc) is 2.45. The maximum absolute atomic E-state index is 10.4. The van der Waals surface area contributed by atoms with Crippen LogP contribution in [0.15, 0.2) is 30.3 Å². The third-order valence-corrected chi connectivity index (χ3v) is 3.00. The molecule has 20 heavy (non-hydrogen) atoms. The first-order chi connectivity index (χ1) is 9.55. The Morgan fingerprint density at radius 2 is 2.10 bits per heavy atom. The van der Waals surface area contributed by atoms with Crippen molar-refractivity contribution in [2.75, 3.05) is 13.1 Å². The van der Waals surface area contributed by atoms with Gasteiger partial charge in [-0.15, -0.1) is 0 Å². The highest BCUT2D eigenvalue weighted by Crippen LogP contribution is 2.10. The maximum atomic E-state index is 10.4. The van der Waals surface area contributed by atoms with Crippen LogP contribution in [-0.4, -0.2) is 29.1 Å². The van der Waals surface area contributed by atoms with E-state index < -0.39 is 5.97 Å². The topological polar surface area (TPSA) is 64.3 Å². The Kier molecular flexibility index (Phi) is 6.48. The molecule has 0 aliphatic heterocycles. The van der Waals surface area contributed by atoms with Gasteiger partial charge in [-0.05, 0) is 30.7 Å². The van der Waals surface area contributed by atoms with E-state index in [1.54, 1.807) is 6.08 Å². The van der Waals surface area contributed by atoms with Crippen LogP contribution in [0.1, 0.15) is 25.0 Å². The molecule has 0 aliphatic carbocycles. The van der Waals surface area contributed by atoms with Crippen LogP contribution < -0.4 is 0 Å². The number of carbonyl (C=O) groups is 1. The maximum Gasteiger partial charge on any atom is 0.328 e. The molecule has 1 unspecified atom stereocenters. The molecule has 1 N–H and O–H groups in total. The minimum absolute atomic E-state index is 0.0210. The van der Waals surface area contributed by atoms with E-state index in [2.05, 4.69) is 17.9 Å². The highest BCUT2D eigenvalue weighted by molar-refractivity contribution is 5.85. The minimum Gasteiger partial charge on any atom is -0.478 e. The Hall–Kier alpha value is -2.12. The van der Waals surface area contributed by atoms with Crippen molar-refractivity contribution in [3.63, 3.8) is 0 Å². The molecule has 1 rings (SSSR count). The van der Waals surface area contributed by atoms with Crippen LogP contribution in [0, 0.1) is 17.2 Å². The van der Waals surface area contributed by atoms with E-state index in [4.69, 9.17) is 10.4 Å². The Morgan fingerprint density at radius 1 is 1.45 bits per heavy atom. The quantitative estimate of drug-likeness (QED) is 0.775. The third-order valence-electron chi connectivity index (χ3n) is 3.00. The summed E-state index contributed by atoms with van der Waals surface area (Å²) in [6.45, 7) is 6.45. The zero-order chi connectivity index (χ0) is 15.0. The lowest BCUT2D eigenvalue weighted by Crippen LogP contribution is -2.27. The molecule has 0 saturated heterocycles. The van der Waals surface area contributed by atoms with E-state index in [1.165, 1.54) is 0 Å². The minimum atomic E-state index is -0.947. The summed E-state index contributed by atoms with van der Waals surface area (Å²) in [4.78, 5) is 12.7. The molecule has 1 atom stereocenters. The fourth-order valence-corrected chi connectivity index (χ4v) is 1.89. The van der Waals surface area contributed by atoms with Crippen LogP contribution in [0.5, 0.6) is 0 Å². The van der Waals surface area contributed by atoms with Crippen LogP contribution >= 0.6 is 0 Å². The number of nitrogens with zero attached hydrogens (tertiary/aromatic N) is 2. The normalized spacial score (nSPS) is 12.5. The van der Waals surface area contributed by atoms with E-state index in [-0.39, 0.29) is 5.92 Å². The summed E-state index contributed by atoms with van der Waals surface area (Å²) in [5, 5.41) is 17.4. The van der Waals surface area contributed by atoms with Gasteiger partial charge in [-0.2, -0.15) is 5.26 Å². The van der Waals surface area contributed by atoms with Crippen molar-refractivity contribution in [1.29, 1.82) is 5.26 Å². The molecular weight excluding hydrogens is 252 g/mol. The van der Waals surface area contributed by atoms with Crippen molar-refractivity contribution in [3.8, 4) is 6.07 Å². The lowest BCUT2D eigenvalue weighted by Gasteiger charge is -2.21. The molecule has 0 radical (unpaired) electrons. The molecule has 0 aromatic heterocycles. The van der Waals surface area contributed by atoms with Gasteiger partial charge in [-0.25, -0.2) is 4.79 Å². The summed E-state index contributed by atoms with van der Waals surface area (Å²) in [6, 6.07) is 10.0. The smallest absolute Gasteiger partial charge is 0.328 e. The SMILES string of the molecule is CCN(Cc1ccc(C=CC(=O)O)cc1)CC(C)C#N. The Morgan fingerprint density at radius 3 is 2.60 bits per heavy atom. The predicted molar refractivity (Wildman–Crippen MR) is 78.8 cm³/mol. The fourth-order valence-electron chi connectivity index (χ4n) is 1.89. The number of aliphatic carboxylic acids is 1. The first-order valence-electron chi connectivity index (χ1n) is 6.67. The number of carboxylic acid groups (broad SMARTS) is 1. The lowest BCUT2D eigenvalue weighted by molar-refractivity contribution is -0.131. The summed E-state index contributed by atoms with van der Waals surface area (Å²) in [5.74, 6) is -0.926. The van der Waals surface area contributed by atoms with Gasteiger partial charge in [0.15, 0.2) is 0 Å². The first kappa shape index (κ1) is 15.9. The molecule has 4 nitrogen and oxygen atoms in total. The molecule has 0 heterocycles. The molecule has 0 bridgehead atoms. The summed E-state index contributed by atoms with van der Waals surface area (Å²) < 4.78 is 0. The standard InChI is InChI=1S/C16H20N2O2/c1-3-18(11-13(2)10-17)12-15-6-4-14(5-7-15)8-9-16(19)20/h4-9,13H,3,11-12H2,1-2H3,(H,19,20). The van der Waals surface area contributed by atoms with Gasteiger partial charge in [0, 0.05) is 19.2 Å². The number of benzene rings is 1. The number of carboxylic acids is 1. The van der Waals surface area contributed by atoms with Gasteiger partial charge in [0.25, 0.3) is 0 Å². The van der Waals surface area contributed by atoms with Crippen molar-refractivity contribution in [2.45, 2.75) is 20.4 Å². The van der Waals surface area contributed by atoms with E-state index in [0.29, 0.717) is 0 Å². The van der Waals surface area contributed by atoms with Gasteiger partial charge in [0.2, 0.25) is 0 Å². The molecule has 0 aliphatic rings. The zero-order valence-corrected chi connectivity index (χ0v) is 11.9. The van der Waals surface area contributed by atoms with E-state index in [9.17, 15) is 4.79 Å². The second kappa shape index (κ2) is 8.13. The zero-order valence-electron chi connectivity index (χ0n) is 11.9. The predicted octanol–water partition coefficient (Wildman–Crippen LogP) is 2.77. The second-order valence-electron chi connectivity index (χ2n) is 4.77. The summed E-state index contributed by atoms with van der Waals surface area (Å²) in [5.41, 5.74) is 2.02. The number of nitriles is 1. The molecule has 0 amide bonds.